The van der Waals surface area contributed by atoms with Gasteiger partial charge in [-0.2, -0.15) is 5.10 Å². The number of rotatable bonds is 4. The zero-order chi connectivity index (χ0) is 18.0. The maximum Gasteiger partial charge on any atom is 0.326 e. The highest BCUT2D eigenvalue weighted by Crippen LogP contribution is 2.21. The van der Waals surface area contributed by atoms with Gasteiger partial charge in [0.05, 0.1) is 12.2 Å². The van der Waals surface area contributed by atoms with Gasteiger partial charge in [0.1, 0.15) is 6.04 Å². The summed E-state index contributed by atoms with van der Waals surface area (Å²) in [5.74, 6) is -1.13. The molecule has 1 fully saturated rings. The highest BCUT2D eigenvalue weighted by Gasteiger charge is 2.32. The van der Waals surface area contributed by atoms with Crippen LogP contribution in [0.2, 0.25) is 0 Å². The van der Waals surface area contributed by atoms with E-state index in [1.54, 1.807) is 6.07 Å². The number of carboxylic acid groups (broad SMARTS) is 1. The van der Waals surface area contributed by atoms with Crippen molar-refractivity contribution in [2.24, 2.45) is 0 Å². The zero-order valence-electron chi connectivity index (χ0n) is 14.6. The summed E-state index contributed by atoms with van der Waals surface area (Å²) < 4.78 is 1.90. The lowest BCUT2D eigenvalue weighted by Crippen LogP contribution is -2.48. The first kappa shape index (κ1) is 17.2. The second-order valence-electron chi connectivity index (χ2n) is 6.63. The van der Waals surface area contributed by atoms with Crippen LogP contribution >= 0.6 is 0 Å². The molecule has 0 saturated carbocycles. The van der Waals surface area contributed by atoms with E-state index in [4.69, 9.17) is 0 Å². The van der Waals surface area contributed by atoms with Gasteiger partial charge in [0.2, 0.25) is 0 Å². The van der Waals surface area contributed by atoms with Gasteiger partial charge < -0.3 is 10.0 Å². The van der Waals surface area contributed by atoms with Crippen molar-refractivity contribution in [2.75, 3.05) is 6.54 Å². The monoisotopic (exact) mass is 341 g/mol. The number of benzene rings is 1. The number of hydrogen-bond acceptors (Lipinski definition) is 3. The first-order chi connectivity index (χ1) is 12.0. The van der Waals surface area contributed by atoms with Crippen LogP contribution < -0.4 is 0 Å². The Labute approximate surface area is 147 Å². The Morgan fingerprint density at radius 1 is 1.24 bits per heavy atom. The van der Waals surface area contributed by atoms with Crippen LogP contribution in [0.25, 0.3) is 0 Å². The maximum absolute atomic E-state index is 12.8. The molecule has 0 spiro atoms. The number of aliphatic carboxylic acids is 1. The lowest BCUT2D eigenvalue weighted by molar-refractivity contribution is -0.143. The first-order valence-electron chi connectivity index (χ1n) is 8.59. The minimum Gasteiger partial charge on any atom is -0.480 e. The molecule has 1 atom stereocenters. The SMILES string of the molecule is Cc1cc(C)n(Cc2cccc(C(=O)N3CCCC[C@H]3C(=O)O)c2)n1. The number of hydrogen-bond donors (Lipinski definition) is 1. The number of aromatic nitrogens is 2. The second kappa shape index (κ2) is 7.09. The van der Waals surface area contributed by atoms with Gasteiger partial charge >= 0.3 is 5.97 Å². The Kier molecular flexibility index (Phi) is 4.88. The van der Waals surface area contributed by atoms with Crippen molar-refractivity contribution in [1.29, 1.82) is 0 Å². The fraction of sp³-hybridized carbons (Fsp3) is 0.421. The average molecular weight is 341 g/mol. The molecule has 3 rings (SSSR count). The molecule has 1 aromatic heterocycles. The Morgan fingerprint density at radius 3 is 2.72 bits per heavy atom. The van der Waals surface area contributed by atoms with Gasteiger partial charge in [-0.05, 0) is 56.9 Å². The van der Waals surface area contributed by atoms with Crippen LogP contribution in [0.15, 0.2) is 30.3 Å². The van der Waals surface area contributed by atoms with Gasteiger partial charge in [0, 0.05) is 17.8 Å². The van der Waals surface area contributed by atoms with Gasteiger partial charge in [-0.15, -0.1) is 0 Å². The molecule has 1 amide bonds. The summed E-state index contributed by atoms with van der Waals surface area (Å²) >= 11 is 0. The molecule has 132 valence electrons. The Bertz CT molecular complexity index is 797. The minimum atomic E-state index is -0.924. The highest BCUT2D eigenvalue weighted by molar-refractivity contribution is 5.96. The highest BCUT2D eigenvalue weighted by atomic mass is 16.4. The van der Waals surface area contributed by atoms with Gasteiger partial charge in [0.15, 0.2) is 0 Å². The van der Waals surface area contributed by atoms with Gasteiger partial charge in [0.25, 0.3) is 5.91 Å². The molecule has 0 aliphatic carbocycles. The summed E-state index contributed by atoms with van der Waals surface area (Å²) in [6, 6.07) is 8.68. The molecular weight excluding hydrogens is 318 g/mol. The topological polar surface area (TPSA) is 75.4 Å². The van der Waals surface area contributed by atoms with E-state index in [9.17, 15) is 14.7 Å². The van der Waals surface area contributed by atoms with Crippen molar-refractivity contribution in [1.82, 2.24) is 14.7 Å². The summed E-state index contributed by atoms with van der Waals surface area (Å²) in [6.07, 6.45) is 2.21. The van der Waals surface area contributed by atoms with E-state index in [1.165, 1.54) is 4.90 Å². The molecule has 2 heterocycles. The second-order valence-corrected chi connectivity index (χ2v) is 6.63. The average Bonchev–Trinajstić information content (AvgIpc) is 2.91. The molecule has 1 aliphatic heterocycles. The summed E-state index contributed by atoms with van der Waals surface area (Å²) in [5.41, 5.74) is 3.53. The molecular formula is C19H23N3O3. The number of carbonyl (C=O) groups is 2. The largest absolute Gasteiger partial charge is 0.480 e. The summed E-state index contributed by atoms with van der Waals surface area (Å²) in [7, 11) is 0. The van der Waals surface area contributed by atoms with Gasteiger partial charge in [-0.25, -0.2) is 4.79 Å². The smallest absolute Gasteiger partial charge is 0.326 e. The number of carboxylic acids is 1. The molecule has 0 radical (unpaired) electrons. The molecule has 1 aliphatic rings. The van der Waals surface area contributed by atoms with Crippen molar-refractivity contribution in [3.8, 4) is 0 Å². The van der Waals surface area contributed by atoms with Crippen LogP contribution in [0.5, 0.6) is 0 Å². The van der Waals surface area contributed by atoms with E-state index in [-0.39, 0.29) is 5.91 Å². The number of likely N-dealkylation sites (tertiary alicyclic amines) is 1. The van der Waals surface area contributed by atoms with Crippen LogP contribution in [-0.4, -0.2) is 44.3 Å². The lowest BCUT2D eigenvalue weighted by Gasteiger charge is -2.33. The van der Waals surface area contributed by atoms with Crippen LogP contribution in [0.4, 0.5) is 0 Å². The molecule has 1 saturated heterocycles. The van der Waals surface area contributed by atoms with Crippen molar-refractivity contribution in [2.45, 2.75) is 45.7 Å². The molecule has 6 nitrogen and oxygen atoms in total. The van der Waals surface area contributed by atoms with Crippen LogP contribution in [0.1, 0.15) is 46.6 Å². The molecule has 0 bridgehead atoms. The third-order valence-electron chi connectivity index (χ3n) is 4.66. The van der Waals surface area contributed by atoms with Gasteiger partial charge in [-0.3, -0.25) is 9.48 Å². The van der Waals surface area contributed by atoms with Crippen molar-refractivity contribution >= 4 is 11.9 Å². The summed E-state index contributed by atoms with van der Waals surface area (Å²) in [6.45, 7) is 5.03. The molecule has 1 aromatic carbocycles. The van der Waals surface area contributed by atoms with Crippen LogP contribution in [-0.2, 0) is 11.3 Å². The van der Waals surface area contributed by atoms with E-state index >= 15 is 0 Å². The molecule has 1 N–H and O–H groups in total. The Hall–Kier alpha value is -2.63. The summed E-state index contributed by atoms with van der Waals surface area (Å²) in [5, 5.41) is 13.8. The Balaban J connectivity index is 1.81. The molecule has 6 heteroatoms. The van der Waals surface area contributed by atoms with Crippen LogP contribution in [0, 0.1) is 13.8 Å². The quantitative estimate of drug-likeness (QED) is 0.927. The number of carbonyl (C=O) groups excluding carboxylic acids is 1. The minimum absolute atomic E-state index is 0.206. The lowest BCUT2D eigenvalue weighted by atomic mass is 10.0. The van der Waals surface area contributed by atoms with E-state index in [0.717, 1.165) is 29.8 Å². The zero-order valence-corrected chi connectivity index (χ0v) is 14.6. The third kappa shape index (κ3) is 3.73. The van der Waals surface area contributed by atoms with Crippen molar-refractivity contribution in [3.05, 3.63) is 52.8 Å². The number of aryl methyl sites for hydroxylation is 2. The normalized spacial score (nSPS) is 17.5. The van der Waals surface area contributed by atoms with E-state index in [2.05, 4.69) is 5.10 Å². The summed E-state index contributed by atoms with van der Waals surface area (Å²) in [4.78, 5) is 25.8. The predicted octanol–water partition coefficient (Wildman–Crippen LogP) is 2.63. The van der Waals surface area contributed by atoms with Crippen molar-refractivity contribution < 1.29 is 14.7 Å². The maximum atomic E-state index is 12.8. The van der Waals surface area contributed by atoms with Gasteiger partial charge in [-0.1, -0.05) is 12.1 Å². The van der Waals surface area contributed by atoms with E-state index in [0.29, 0.717) is 25.1 Å². The fourth-order valence-electron chi connectivity index (χ4n) is 3.41. The molecule has 2 aromatic rings. The first-order valence-corrected chi connectivity index (χ1v) is 8.59. The third-order valence-corrected chi connectivity index (χ3v) is 4.66. The van der Waals surface area contributed by atoms with E-state index in [1.807, 2.05) is 42.8 Å². The fourth-order valence-corrected chi connectivity index (χ4v) is 3.41. The van der Waals surface area contributed by atoms with E-state index < -0.39 is 12.0 Å². The number of amides is 1. The molecule has 0 unspecified atom stereocenters. The van der Waals surface area contributed by atoms with Crippen molar-refractivity contribution in [3.63, 3.8) is 0 Å². The molecule has 25 heavy (non-hydrogen) atoms. The number of piperidine rings is 1. The van der Waals surface area contributed by atoms with Crippen LogP contribution in [0.3, 0.4) is 0 Å². The predicted molar refractivity (Wildman–Crippen MR) is 93.6 cm³/mol. The Morgan fingerprint density at radius 2 is 2.04 bits per heavy atom. The standard InChI is InChI=1S/C19H23N3O3/c1-13-10-14(2)22(20-13)12-15-6-5-7-16(11-15)18(23)21-9-4-3-8-17(21)19(24)25/h5-7,10-11,17H,3-4,8-9,12H2,1-2H3,(H,24,25)/t17-/m0/s1. The number of nitrogens with zero attached hydrogens (tertiary/aromatic N) is 3.